The summed E-state index contributed by atoms with van der Waals surface area (Å²) < 4.78 is 30.2. The Morgan fingerprint density at radius 1 is 1.09 bits per heavy atom. The van der Waals surface area contributed by atoms with Crippen molar-refractivity contribution in [2.45, 2.75) is 89.6 Å². The molecule has 0 spiro atoms. The smallest absolute Gasteiger partial charge is 0.256 e. The van der Waals surface area contributed by atoms with Crippen molar-refractivity contribution in [2.75, 3.05) is 42.5 Å². The highest BCUT2D eigenvalue weighted by atomic mass is 19.1. The first-order valence-corrected chi connectivity index (χ1v) is 16.9. The van der Waals surface area contributed by atoms with Gasteiger partial charge in [-0.05, 0) is 70.6 Å². The van der Waals surface area contributed by atoms with Gasteiger partial charge in [0.25, 0.3) is 5.91 Å². The van der Waals surface area contributed by atoms with E-state index >= 15 is 4.39 Å². The van der Waals surface area contributed by atoms with Crippen LogP contribution in [-0.2, 0) is 4.79 Å². The first-order chi connectivity index (χ1) is 21.7. The second kappa shape index (κ2) is 12.1. The summed E-state index contributed by atoms with van der Waals surface area (Å²) in [6.07, 6.45) is 8.29. The van der Waals surface area contributed by atoms with Gasteiger partial charge in [-0.15, -0.1) is 0 Å². The molecule has 2 saturated carbocycles. The van der Waals surface area contributed by atoms with Crippen LogP contribution in [0.5, 0.6) is 0 Å². The van der Waals surface area contributed by atoms with Crippen LogP contribution < -0.4 is 15.1 Å². The summed E-state index contributed by atoms with van der Waals surface area (Å²) in [5, 5.41) is 3.58. The van der Waals surface area contributed by atoms with E-state index in [1.165, 1.54) is 31.3 Å². The second-order valence-corrected chi connectivity index (χ2v) is 13.9. The Kier molecular flexibility index (Phi) is 8.16. The maximum absolute atomic E-state index is 15.7. The number of carbonyl (C=O) groups is 2. The van der Waals surface area contributed by atoms with Crippen LogP contribution >= 0.6 is 0 Å². The normalized spacial score (nSPS) is 29.3. The standard InChI is InChI=1S/C34H45F2N7O2/c1-4-41(20(2)3)33(44)26-16-22(35)7-10-28(26)43-14-13-42(32-29(43)17-37-19-38-32)23-11-12-40(18-23)34(45)31-24-8-9-27(39-31)25(30(24)36)15-21-5-6-21/h7,10,16-17,19-21,23-25,27,30-31,39H,4-6,8-9,11-15,18H2,1-3H3/t23-,24?,25-,27?,30+,31+/m1/s1. The van der Waals surface area contributed by atoms with Crippen molar-refractivity contribution in [2.24, 2.45) is 17.8 Å². The van der Waals surface area contributed by atoms with Gasteiger partial charge in [0.2, 0.25) is 5.91 Å². The number of hydrogen-bond donors (Lipinski definition) is 1. The number of nitrogens with zero attached hydrogens (tertiary/aromatic N) is 6. The van der Waals surface area contributed by atoms with E-state index in [-0.39, 0.29) is 41.8 Å². The third-order valence-corrected chi connectivity index (χ3v) is 11.0. The number of likely N-dealkylation sites (tertiary alicyclic amines) is 1. The number of aromatic nitrogens is 2. The number of hydrogen-bond acceptors (Lipinski definition) is 7. The van der Waals surface area contributed by atoms with Crippen LogP contribution in [0.4, 0.5) is 26.0 Å². The molecule has 9 nitrogen and oxygen atoms in total. The van der Waals surface area contributed by atoms with Crippen molar-refractivity contribution in [3.05, 3.63) is 42.1 Å². The average Bonchev–Trinajstić information content (AvgIpc) is 3.74. The molecule has 11 heteroatoms. The molecule has 242 valence electrons. The molecule has 8 rings (SSSR count). The number of anilines is 3. The van der Waals surface area contributed by atoms with Crippen LogP contribution in [0.25, 0.3) is 0 Å². The fraction of sp³-hybridized carbons (Fsp3) is 0.647. The molecule has 2 aromatic rings. The average molecular weight is 622 g/mol. The monoisotopic (exact) mass is 621 g/mol. The van der Waals surface area contributed by atoms with E-state index in [9.17, 15) is 14.0 Å². The predicted molar refractivity (Wildman–Crippen MR) is 169 cm³/mol. The fourth-order valence-corrected chi connectivity index (χ4v) is 8.46. The highest BCUT2D eigenvalue weighted by Gasteiger charge is 2.53. The lowest BCUT2D eigenvalue weighted by atomic mass is 9.67. The molecule has 3 saturated heterocycles. The zero-order valence-electron chi connectivity index (χ0n) is 26.5. The number of amides is 2. The number of rotatable bonds is 8. The second-order valence-electron chi connectivity index (χ2n) is 13.9. The molecular weight excluding hydrogens is 576 g/mol. The van der Waals surface area contributed by atoms with Crippen molar-refractivity contribution in [1.29, 1.82) is 0 Å². The van der Waals surface area contributed by atoms with Crippen molar-refractivity contribution in [3.63, 3.8) is 0 Å². The van der Waals surface area contributed by atoms with E-state index in [0.29, 0.717) is 49.9 Å². The Morgan fingerprint density at radius 3 is 2.64 bits per heavy atom. The van der Waals surface area contributed by atoms with Gasteiger partial charge >= 0.3 is 0 Å². The molecule has 2 unspecified atom stereocenters. The number of carbonyl (C=O) groups excluding carboxylic acids is 2. The number of halogens is 2. The number of piperidine rings is 2. The molecule has 45 heavy (non-hydrogen) atoms. The molecule has 2 aliphatic carbocycles. The SMILES string of the molecule is CCN(C(=O)c1cc(F)ccc1N1CCN([C@@H]2CCN(C(=O)[C@H]3NC4CCC3[C@H](F)[C@@H]4CC3CC3)C2)c2ncncc21)C(C)C. The van der Waals surface area contributed by atoms with Crippen molar-refractivity contribution >= 4 is 29.0 Å². The lowest BCUT2D eigenvalue weighted by molar-refractivity contribution is -0.140. The Hall–Kier alpha value is -3.34. The van der Waals surface area contributed by atoms with Crippen LogP contribution in [0.1, 0.15) is 69.7 Å². The van der Waals surface area contributed by atoms with Crippen LogP contribution in [0.3, 0.4) is 0 Å². The van der Waals surface area contributed by atoms with E-state index in [1.807, 2.05) is 30.6 Å². The van der Waals surface area contributed by atoms with Gasteiger partial charge in [-0.3, -0.25) is 9.59 Å². The number of benzene rings is 1. The van der Waals surface area contributed by atoms with Crippen molar-refractivity contribution in [1.82, 2.24) is 25.1 Å². The first kappa shape index (κ1) is 30.3. The molecule has 1 N–H and O–H groups in total. The minimum Gasteiger partial charge on any atom is -0.348 e. The van der Waals surface area contributed by atoms with Crippen LogP contribution in [0.2, 0.25) is 0 Å². The van der Waals surface area contributed by atoms with Crippen molar-refractivity contribution < 1.29 is 18.4 Å². The molecule has 6 atom stereocenters. The van der Waals surface area contributed by atoms with Gasteiger partial charge in [0, 0.05) is 62.7 Å². The van der Waals surface area contributed by atoms with E-state index in [0.717, 1.165) is 37.2 Å². The van der Waals surface area contributed by atoms with E-state index in [4.69, 9.17) is 0 Å². The van der Waals surface area contributed by atoms with Crippen LogP contribution in [0, 0.1) is 23.6 Å². The number of fused-ring (bicyclic) bond motifs is 4. The highest BCUT2D eigenvalue weighted by Crippen LogP contribution is 2.47. The molecule has 1 aromatic carbocycles. The quantitative estimate of drug-likeness (QED) is 0.463. The Morgan fingerprint density at radius 2 is 1.91 bits per heavy atom. The predicted octanol–water partition coefficient (Wildman–Crippen LogP) is 4.55. The number of nitrogens with one attached hydrogen (secondary N) is 1. The molecule has 5 fully saturated rings. The van der Waals surface area contributed by atoms with Gasteiger partial charge in [-0.1, -0.05) is 12.8 Å². The van der Waals surface area contributed by atoms with Gasteiger partial charge in [0.15, 0.2) is 5.82 Å². The van der Waals surface area contributed by atoms with Crippen LogP contribution in [-0.4, -0.2) is 94.6 Å². The largest absolute Gasteiger partial charge is 0.348 e. The minimum atomic E-state index is -0.900. The third-order valence-electron chi connectivity index (χ3n) is 11.0. The Bertz CT molecular complexity index is 1440. The molecule has 6 aliphatic rings. The summed E-state index contributed by atoms with van der Waals surface area (Å²) in [5.74, 6) is 0.570. The van der Waals surface area contributed by atoms with Gasteiger partial charge in [0.05, 0.1) is 23.5 Å². The lowest BCUT2D eigenvalue weighted by Crippen LogP contribution is -2.66. The Labute approximate surface area is 264 Å². The highest BCUT2D eigenvalue weighted by molar-refractivity contribution is 6.01. The third kappa shape index (κ3) is 5.55. The molecule has 0 radical (unpaired) electrons. The zero-order valence-corrected chi connectivity index (χ0v) is 26.5. The van der Waals surface area contributed by atoms with Crippen LogP contribution in [0.15, 0.2) is 30.7 Å². The lowest BCUT2D eigenvalue weighted by Gasteiger charge is -2.50. The summed E-state index contributed by atoms with van der Waals surface area (Å²) in [4.78, 5) is 44.3. The van der Waals surface area contributed by atoms with Gasteiger partial charge in [-0.25, -0.2) is 18.7 Å². The molecular formula is C34H45F2N7O2. The maximum Gasteiger partial charge on any atom is 0.256 e. The Balaban J connectivity index is 1.08. The maximum atomic E-state index is 15.7. The van der Waals surface area contributed by atoms with Gasteiger partial charge in [-0.2, -0.15) is 0 Å². The van der Waals surface area contributed by atoms with Gasteiger partial charge in [0.1, 0.15) is 24.0 Å². The topological polar surface area (TPSA) is 84.9 Å². The summed E-state index contributed by atoms with van der Waals surface area (Å²) in [5.41, 5.74) is 1.68. The molecule has 5 heterocycles. The molecule has 2 bridgehead atoms. The van der Waals surface area contributed by atoms with E-state index < -0.39 is 18.0 Å². The molecule has 2 amide bonds. The van der Waals surface area contributed by atoms with Gasteiger partial charge < -0.3 is 24.9 Å². The van der Waals surface area contributed by atoms with Crippen molar-refractivity contribution in [3.8, 4) is 0 Å². The minimum absolute atomic E-state index is 0.0290. The van der Waals surface area contributed by atoms with E-state index in [1.54, 1.807) is 17.2 Å². The number of alkyl halides is 1. The zero-order chi connectivity index (χ0) is 31.4. The summed E-state index contributed by atoms with van der Waals surface area (Å²) >= 11 is 0. The fourth-order valence-electron chi connectivity index (χ4n) is 8.46. The summed E-state index contributed by atoms with van der Waals surface area (Å²) in [6, 6.07) is 4.05. The molecule has 4 aliphatic heterocycles. The van der Waals surface area contributed by atoms with E-state index in [2.05, 4.69) is 20.2 Å². The summed E-state index contributed by atoms with van der Waals surface area (Å²) in [6.45, 7) is 8.69. The molecule has 1 aromatic heterocycles. The summed E-state index contributed by atoms with van der Waals surface area (Å²) in [7, 11) is 0. The first-order valence-electron chi connectivity index (χ1n) is 16.9.